The predicted molar refractivity (Wildman–Crippen MR) is 115 cm³/mol. The van der Waals surface area contributed by atoms with E-state index in [1.807, 2.05) is 6.07 Å². The molecule has 3 unspecified atom stereocenters. The van der Waals surface area contributed by atoms with Crippen LogP contribution >= 0.6 is 0 Å². The summed E-state index contributed by atoms with van der Waals surface area (Å²) < 4.78 is 0. The van der Waals surface area contributed by atoms with Gasteiger partial charge in [0.05, 0.1) is 6.04 Å². The standard InChI is InChI=1S/C25H24N2O/c1-27(2)25(28)19-12-13-23-22(15-19)20-8-5-9-21(20)24(26-23)18-11-10-16-6-3-4-7-17(16)14-18/h3-8,10-15,20-21,24,26H,9H2,1-2H3. The van der Waals surface area contributed by atoms with Crippen LogP contribution in [-0.4, -0.2) is 24.9 Å². The number of nitrogens with zero attached hydrogens (tertiary/aromatic N) is 1. The summed E-state index contributed by atoms with van der Waals surface area (Å²) in [7, 11) is 3.60. The summed E-state index contributed by atoms with van der Waals surface area (Å²) in [6.07, 6.45) is 5.67. The van der Waals surface area contributed by atoms with Crippen LogP contribution in [0.2, 0.25) is 0 Å². The van der Waals surface area contributed by atoms with Crippen LogP contribution < -0.4 is 5.32 Å². The molecule has 1 aliphatic heterocycles. The first kappa shape index (κ1) is 17.1. The second-order valence-electron chi connectivity index (χ2n) is 8.08. The average molecular weight is 368 g/mol. The Morgan fingerprint density at radius 2 is 1.82 bits per heavy atom. The molecular formula is C25H24N2O. The zero-order valence-electron chi connectivity index (χ0n) is 16.2. The molecule has 0 fully saturated rings. The summed E-state index contributed by atoms with van der Waals surface area (Å²) in [6.45, 7) is 0. The van der Waals surface area contributed by atoms with Crippen molar-refractivity contribution in [2.24, 2.45) is 5.92 Å². The number of rotatable bonds is 2. The van der Waals surface area contributed by atoms with Crippen LogP contribution in [0.1, 0.15) is 39.9 Å². The van der Waals surface area contributed by atoms with Crippen molar-refractivity contribution < 1.29 is 4.79 Å². The highest BCUT2D eigenvalue weighted by Crippen LogP contribution is 2.50. The van der Waals surface area contributed by atoms with E-state index >= 15 is 0 Å². The molecule has 3 heteroatoms. The maximum atomic E-state index is 12.4. The summed E-state index contributed by atoms with van der Waals surface area (Å²) in [5.74, 6) is 0.874. The quantitative estimate of drug-likeness (QED) is 0.617. The normalized spacial score (nSPS) is 22.4. The lowest BCUT2D eigenvalue weighted by Gasteiger charge is -2.38. The number of hydrogen-bond acceptors (Lipinski definition) is 2. The van der Waals surface area contributed by atoms with Crippen LogP contribution in [-0.2, 0) is 0 Å². The van der Waals surface area contributed by atoms with Crippen LogP contribution in [0.5, 0.6) is 0 Å². The van der Waals surface area contributed by atoms with Crippen molar-refractivity contribution in [3.8, 4) is 0 Å². The zero-order chi connectivity index (χ0) is 19.3. The van der Waals surface area contributed by atoms with E-state index in [0.717, 1.165) is 17.7 Å². The predicted octanol–water partition coefficient (Wildman–Crippen LogP) is 5.37. The summed E-state index contributed by atoms with van der Waals surface area (Å²) in [5.41, 5.74) is 4.47. The first-order valence-corrected chi connectivity index (χ1v) is 9.89. The summed E-state index contributed by atoms with van der Waals surface area (Å²) in [6, 6.07) is 21.7. The van der Waals surface area contributed by atoms with Gasteiger partial charge in [0.2, 0.25) is 0 Å². The van der Waals surface area contributed by atoms with Gasteiger partial charge in [-0.05, 0) is 58.5 Å². The number of anilines is 1. The molecule has 0 bridgehead atoms. The molecule has 3 atom stereocenters. The Hall–Kier alpha value is -3.07. The Morgan fingerprint density at radius 3 is 2.64 bits per heavy atom. The fourth-order valence-corrected chi connectivity index (χ4v) is 4.72. The number of carbonyl (C=O) groups excluding carboxylic acids is 1. The lowest BCUT2D eigenvalue weighted by atomic mass is 9.76. The zero-order valence-corrected chi connectivity index (χ0v) is 16.2. The summed E-state index contributed by atoms with van der Waals surface area (Å²) >= 11 is 0. The Morgan fingerprint density at radius 1 is 1.00 bits per heavy atom. The third-order valence-corrected chi connectivity index (χ3v) is 6.15. The van der Waals surface area contributed by atoms with Gasteiger partial charge in [0.15, 0.2) is 0 Å². The molecule has 0 radical (unpaired) electrons. The van der Waals surface area contributed by atoms with Gasteiger partial charge in [0.25, 0.3) is 5.91 Å². The number of carbonyl (C=O) groups is 1. The van der Waals surface area contributed by atoms with Gasteiger partial charge in [-0.2, -0.15) is 0 Å². The van der Waals surface area contributed by atoms with Crippen LogP contribution in [0.15, 0.2) is 72.8 Å². The molecule has 0 spiro atoms. The van der Waals surface area contributed by atoms with Crippen molar-refractivity contribution >= 4 is 22.4 Å². The van der Waals surface area contributed by atoms with Crippen LogP contribution in [0, 0.1) is 5.92 Å². The van der Waals surface area contributed by atoms with Crippen molar-refractivity contribution in [1.29, 1.82) is 0 Å². The highest BCUT2D eigenvalue weighted by molar-refractivity contribution is 5.94. The average Bonchev–Trinajstić information content (AvgIpc) is 3.22. The van der Waals surface area contributed by atoms with E-state index in [1.165, 1.54) is 21.9 Å². The highest BCUT2D eigenvalue weighted by Gasteiger charge is 2.38. The molecule has 0 saturated carbocycles. The molecule has 0 aromatic heterocycles. The second-order valence-corrected chi connectivity index (χ2v) is 8.08. The maximum absolute atomic E-state index is 12.4. The topological polar surface area (TPSA) is 32.3 Å². The number of amides is 1. The van der Waals surface area contributed by atoms with Gasteiger partial charge in [-0.1, -0.05) is 48.6 Å². The van der Waals surface area contributed by atoms with E-state index in [-0.39, 0.29) is 11.9 Å². The second kappa shape index (κ2) is 6.52. The van der Waals surface area contributed by atoms with Crippen molar-refractivity contribution in [3.05, 3.63) is 89.5 Å². The Labute approximate surface area is 165 Å². The number of hydrogen-bond donors (Lipinski definition) is 1. The fraction of sp³-hybridized carbons (Fsp3) is 0.240. The van der Waals surface area contributed by atoms with E-state index in [0.29, 0.717) is 11.8 Å². The Bertz CT molecular complexity index is 1100. The van der Waals surface area contributed by atoms with Crippen molar-refractivity contribution in [1.82, 2.24) is 4.90 Å². The van der Waals surface area contributed by atoms with Gasteiger partial charge in [-0.25, -0.2) is 0 Å². The molecule has 140 valence electrons. The molecule has 1 N–H and O–H groups in total. The van der Waals surface area contributed by atoms with Crippen LogP contribution in [0.3, 0.4) is 0 Å². The van der Waals surface area contributed by atoms with Gasteiger partial charge in [0.1, 0.15) is 0 Å². The molecule has 1 heterocycles. The van der Waals surface area contributed by atoms with Gasteiger partial charge >= 0.3 is 0 Å². The van der Waals surface area contributed by atoms with Crippen molar-refractivity contribution in [2.45, 2.75) is 18.4 Å². The fourth-order valence-electron chi connectivity index (χ4n) is 4.72. The van der Waals surface area contributed by atoms with Crippen molar-refractivity contribution in [2.75, 3.05) is 19.4 Å². The van der Waals surface area contributed by atoms with E-state index < -0.39 is 0 Å². The Balaban J connectivity index is 1.56. The van der Waals surface area contributed by atoms with Gasteiger partial charge in [-0.15, -0.1) is 0 Å². The highest BCUT2D eigenvalue weighted by atomic mass is 16.2. The third kappa shape index (κ3) is 2.70. The molecule has 5 rings (SSSR count). The van der Waals surface area contributed by atoms with E-state index in [4.69, 9.17) is 0 Å². The minimum Gasteiger partial charge on any atom is -0.378 e. The Kier molecular flexibility index (Phi) is 3.97. The first-order valence-electron chi connectivity index (χ1n) is 9.89. The van der Waals surface area contributed by atoms with E-state index in [1.54, 1.807) is 19.0 Å². The van der Waals surface area contributed by atoms with Gasteiger partial charge < -0.3 is 10.2 Å². The minimum atomic E-state index is 0.0537. The first-order chi connectivity index (χ1) is 13.6. The van der Waals surface area contributed by atoms with E-state index in [9.17, 15) is 4.79 Å². The molecule has 2 aliphatic rings. The molecule has 1 aliphatic carbocycles. The monoisotopic (exact) mass is 368 g/mol. The van der Waals surface area contributed by atoms with Crippen molar-refractivity contribution in [3.63, 3.8) is 0 Å². The molecular weight excluding hydrogens is 344 g/mol. The molecule has 28 heavy (non-hydrogen) atoms. The third-order valence-electron chi connectivity index (χ3n) is 6.15. The smallest absolute Gasteiger partial charge is 0.253 e. The van der Waals surface area contributed by atoms with E-state index in [2.05, 4.69) is 72.1 Å². The number of fused-ring (bicyclic) bond motifs is 4. The number of nitrogens with one attached hydrogen (secondary N) is 1. The lowest BCUT2D eigenvalue weighted by Crippen LogP contribution is -2.29. The minimum absolute atomic E-state index is 0.0537. The molecule has 3 nitrogen and oxygen atoms in total. The molecule has 3 aromatic carbocycles. The molecule has 3 aromatic rings. The van der Waals surface area contributed by atoms with Crippen LogP contribution in [0.25, 0.3) is 10.8 Å². The number of allylic oxidation sites excluding steroid dienone is 2. The summed E-state index contributed by atoms with van der Waals surface area (Å²) in [5, 5.41) is 6.33. The van der Waals surface area contributed by atoms with Crippen LogP contribution in [0.4, 0.5) is 5.69 Å². The van der Waals surface area contributed by atoms with Gasteiger partial charge in [-0.3, -0.25) is 4.79 Å². The largest absolute Gasteiger partial charge is 0.378 e. The SMILES string of the molecule is CN(C)C(=O)c1ccc2c(c1)C1C=CCC1C(c1ccc3ccccc3c1)N2. The molecule has 1 amide bonds. The number of benzene rings is 3. The molecule has 0 saturated heterocycles. The summed E-state index contributed by atoms with van der Waals surface area (Å²) in [4.78, 5) is 14.1. The lowest BCUT2D eigenvalue weighted by molar-refractivity contribution is 0.0827. The van der Waals surface area contributed by atoms with Gasteiger partial charge in [0, 0.05) is 31.3 Å². The maximum Gasteiger partial charge on any atom is 0.253 e.